The summed E-state index contributed by atoms with van der Waals surface area (Å²) in [4.78, 5) is 13.4. The van der Waals surface area contributed by atoms with E-state index in [1.165, 1.54) is 5.56 Å². The molecule has 23 heavy (non-hydrogen) atoms. The standard InChI is InChI=1S/C19H23NO2S/c1-4-23-18-8-6-5-7-17(18)19(21)20-15(3)13-22-16-11-9-14(2)10-12-16/h5-12,15H,4,13H2,1-3H3,(H,20,21)/t15-/m1/s1. The summed E-state index contributed by atoms with van der Waals surface area (Å²) in [5.41, 5.74) is 1.92. The maximum absolute atomic E-state index is 12.4. The first kappa shape index (κ1) is 17.4. The molecule has 0 aromatic heterocycles. The molecule has 0 aliphatic carbocycles. The number of hydrogen-bond acceptors (Lipinski definition) is 3. The number of hydrogen-bond donors (Lipinski definition) is 1. The van der Waals surface area contributed by atoms with Crippen LogP contribution in [0.4, 0.5) is 0 Å². The van der Waals surface area contributed by atoms with Crippen LogP contribution in [0.1, 0.15) is 29.8 Å². The number of thioether (sulfide) groups is 1. The maximum atomic E-state index is 12.4. The van der Waals surface area contributed by atoms with Crippen molar-refractivity contribution in [3.63, 3.8) is 0 Å². The molecule has 2 aromatic carbocycles. The van der Waals surface area contributed by atoms with E-state index in [1.54, 1.807) is 11.8 Å². The average Bonchev–Trinajstić information content (AvgIpc) is 2.55. The van der Waals surface area contributed by atoms with Crippen molar-refractivity contribution in [1.29, 1.82) is 0 Å². The van der Waals surface area contributed by atoms with Crippen molar-refractivity contribution < 1.29 is 9.53 Å². The van der Waals surface area contributed by atoms with Gasteiger partial charge < -0.3 is 10.1 Å². The van der Waals surface area contributed by atoms with Crippen LogP contribution in [0.3, 0.4) is 0 Å². The zero-order valence-electron chi connectivity index (χ0n) is 13.8. The third kappa shape index (κ3) is 5.32. The van der Waals surface area contributed by atoms with Crippen LogP contribution in [0.2, 0.25) is 0 Å². The Morgan fingerprint density at radius 3 is 2.57 bits per heavy atom. The molecule has 1 N–H and O–H groups in total. The number of benzene rings is 2. The summed E-state index contributed by atoms with van der Waals surface area (Å²) in [6, 6.07) is 15.5. The molecule has 1 amide bonds. The Balaban J connectivity index is 1.90. The number of amides is 1. The van der Waals surface area contributed by atoms with Gasteiger partial charge in [0.25, 0.3) is 5.91 Å². The van der Waals surface area contributed by atoms with Gasteiger partial charge in [-0.25, -0.2) is 0 Å². The van der Waals surface area contributed by atoms with Crippen molar-refractivity contribution in [2.75, 3.05) is 12.4 Å². The molecule has 2 aromatic rings. The van der Waals surface area contributed by atoms with E-state index >= 15 is 0 Å². The molecule has 122 valence electrons. The van der Waals surface area contributed by atoms with E-state index < -0.39 is 0 Å². The number of aryl methyl sites for hydroxylation is 1. The van der Waals surface area contributed by atoms with Gasteiger partial charge in [-0.15, -0.1) is 11.8 Å². The zero-order chi connectivity index (χ0) is 16.7. The Labute approximate surface area is 142 Å². The van der Waals surface area contributed by atoms with Crippen LogP contribution < -0.4 is 10.1 Å². The van der Waals surface area contributed by atoms with Crippen LogP contribution in [-0.2, 0) is 0 Å². The van der Waals surface area contributed by atoms with Crippen molar-refractivity contribution in [1.82, 2.24) is 5.32 Å². The molecule has 4 heteroatoms. The lowest BCUT2D eigenvalue weighted by Gasteiger charge is -2.16. The van der Waals surface area contributed by atoms with Gasteiger partial charge in [0.15, 0.2) is 0 Å². The highest BCUT2D eigenvalue weighted by atomic mass is 32.2. The van der Waals surface area contributed by atoms with Crippen LogP contribution in [0.5, 0.6) is 5.75 Å². The Hall–Kier alpha value is -1.94. The second-order valence-corrected chi connectivity index (χ2v) is 6.73. The third-order valence-corrected chi connectivity index (χ3v) is 4.29. The van der Waals surface area contributed by atoms with Crippen LogP contribution >= 0.6 is 11.8 Å². The van der Waals surface area contributed by atoms with Crippen molar-refractivity contribution in [3.8, 4) is 5.75 Å². The van der Waals surface area contributed by atoms with Crippen LogP contribution in [0, 0.1) is 6.92 Å². The zero-order valence-corrected chi connectivity index (χ0v) is 14.7. The van der Waals surface area contributed by atoms with Crippen molar-refractivity contribution in [2.45, 2.75) is 31.7 Å². The molecule has 2 rings (SSSR count). The average molecular weight is 329 g/mol. The SMILES string of the molecule is CCSc1ccccc1C(=O)N[C@H](C)COc1ccc(C)cc1. The number of nitrogens with one attached hydrogen (secondary N) is 1. The quantitative estimate of drug-likeness (QED) is 0.770. The molecule has 0 spiro atoms. The van der Waals surface area contributed by atoms with Gasteiger partial charge in [0.05, 0.1) is 11.6 Å². The minimum atomic E-state index is -0.0662. The first-order valence-corrected chi connectivity index (χ1v) is 8.81. The van der Waals surface area contributed by atoms with Gasteiger partial charge in [-0.1, -0.05) is 36.8 Å². The van der Waals surface area contributed by atoms with E-state index in [0.717, 1.165) is 22.0 Å². The summed E-state index contributed by atoms with van der Waals surface area (Å²) in [7, 11) is 0. The van der Waals surface area contributed by atoms with Crippen molar-refractivity contribution >= 4 is 17.7 Å². The van der Waals surface area contributed by atoms with Gasteiger partial charge in [-0.05, 0) is 43.9 Å². The Kier molecular flexibility index (Phi) is 6.53. The monoisotopic (exact) mass is 329 g/mol. The Bertz CT molecular complexity index is 640. The van der Waals surface area contributed by atoms with Gasteiger partial charge in [-0.2, -0.15) is 0 Å². The first-order valence-electron chi connectivity index (χ1n) is 7.82. The predicted molar refractivity (Wildman–Crippen MR) is 96.4 cm³/mol. The van der Waals surface area contributed by atoms with Gasteiger partial charge in [0.1, 0.15) is 12.4 Å². The molecule has 0 fully saturated rings. The highest BCUT2D eigenvalue weighted by Crippen LogP contribution is 2.22. The molecule has 0 aliphatic rings. The lowest BCUT2D eigenvalue weighted by Crippen LogP contribution is -2.37. The predicted octanol–water partition coefficient (Wildman–Crippen LogP) is 4.30. The smallest absolute Gasteiger partial charge is 0.252 e. The second-order valence-electron chi connectivity index (χ2n) is 5.43. The first-order chi connectivity index (χ1) is 11.1. The molecule has 0 aliphatic heterocycles. The number of rotatable bonds is 7. The highest BCUT2D eigenvalue weighted by molar-refractivity contribution is 7.99. The summed E-state index contributed by atoms with van der Waals surface area (Å²) < 4.78 is 5.72. The lowest BCUT2D eigenvalue weighted by molar-refractivity contribution is 0.0923. The highest BCUT2D eigenvalue weighted by Gasteiger charge is 2.13. The van der Waals surface area contributed by atoms with Crippen LogP contribution in [-0.4, -0.2) is 24.3 Å². The summed E-state index contributed by atoms with van der Waals surface area (Å²) in [6.45, 7) is 6.51. The summed E-state index contributed by atoms with van der Waals surface area (Å²) >= 11 is 1.68. The normalized spacial score (nSPS) is 11.8. The van der Waals surface area contributed by atoms with E-state index in [0.29, 0.717) is 6.61 Å². The van der Waals surface area contributed by atoms with Crippen molar-refractivity contribution in [3.05, 3.63) is 59.7 Å². The molecular weight excluding hydrogens is 306 g/mol. The Morgan fingerprint density at radius 1 is 1.17 bits per heavy atom. The van der Waals surface area contributed by atoms with Gasteiger partial charge in [0, 0.05) is 4.90 Å². The van der Waals surface area contributed by atoms with Crippen LogP contribution in [0.25, 0.3) is 0 Å². The minimum absolute atomic E-state index is 0.0541. The molecule has 1 atom stereocenters. The van der Waals surface area contributed by atoms with Gasteiger partial charge >= 0.3 is 0 Å². The van der Waals surface area contributed by atoms with Gasteiger partial charge in [-0.3, -0.25) is 4.79 Å². The fraction of sp³-hybridized carbons (Fsp3) is 0.316. The summed E-state index contributed by atoms with van der Waals surface area (Å²) in [6.07, 6.45) is 0. The van der Waals surface area contributed by atoms with Gasteiger partial charge in [0.2, 0.25) is 0 Å². The number of carbonyl (C=O) groups excluding carboxylic acids is 1. The molecule has 3 nitrogen and oxygen atoms in total. The van der Waals surface area contributed by atoms with E-state index in [4.69, 9.17) is 4.74 Å². The fourth-order valence-corrected chi connectivity index (χ4v) is 2.94. The molecule has 0 radical (unpaired) electrons. The molecule has 0 bridgehead atoms. The van der Waals surface area contributed by atoms with Crippen molar-refractivity contribution in [2.24, 2.45) is 0 Å². The molecule has 0 heterocycles. The van der Waals surface area contributed by atoms with Crippen LogP contribution in [0.15, 0.2) is 53.4 Å². The lowest BCUT2D eigenvalue weighted by atomic mass is 10.2. The van der Waals surface area contributed by atoms with E-state index in [1.807, 2.05) is 62.4 Å². The molecule has 0 saturated heterocycles. The minimum Gasteiger partial charge on any atom is -0.491 e. The molecule has 0 unspecified atom stereocenters. The second kappa shape index (κ2) is 8.63. The number of carbonyl (C=O) groups is 1. The van der Waals surface area contributed by atoms with E-state index in [2.05, 4.69) is 12.2 Å². The van der Waals surface area contributed by atoms with E-state index in [9.17, 15) is 4.79 Å². The third-order valence-electron chi connectivity index (χ3n) is 3.33. The molecular formula is C19H23NO2S. The maximum Gasteiger partial charge on any atom is 0.252 e. The number of ether oxygens (including phenoxy) is 1. The summed E-state index contributed by atoms with van der Waals surface area (Å²) in [5.74, 6) is 1.70. The largest absolute Gasteiger partial charge is 0.491 e. The topological polar surface area (TPSA) is 38.3 Å². The van der Waals surface area contributed by atoms with E-state index in [-0.39, 0.29) is 11.9 Å². The fourth-order valence-electron chi connectivity index (χ4n) is 2.13. The molecule has 0 saturated carbocycles. The Morgan fingerprint density at radius 2 is 1.87 bits per heavy atom. The summed E-state index contributed by atoms with van der Waals surface area (Å²) in [5, 5.41) is 3.00.